The smallest absolute Gasteiger partial charge is 0.227 e. The number of halogens is 3. The lowest BCUT2D eigenvalue weighted by atomic mass is 9.89. The first kappa shape index (κ1) is 36.9. The number of hydrogen-bond donors (Lipinski definition) is 2. The summed E-state index contributed by atoms with van der Waals surface area (Å²) in [4.78, 5) is 21.5. The number of aryl methyl sites for hydroxylation is 2. The van der Waals surface area contributed by atoms with Gasteiger partial charge in [0.1, 0.15) is 33.1 Å². The van der Waals surface area contributed by atoms with Crippen LogP contribution in [-0.2, 0) is 43.9 Å². The number of aromatic nitrogens is 4. The van der Waals surface area contributed by atoms with Gasteiger partial charge in [-0.1, -0.05) is 13.5 Å². The first-order chi connectivity index (χ1) is 23.8. The van der Waals surface area contributed by atoms with Crippen molar-refractivity contribution in [1.82, 2.24) is 19.9 Å². The van der Waals surface area contributed by atoms with Crippen LogP contribution in [0.2, 0.25) is 5.28 Å². The van der Waals surface area contributed by atoms with Crippen molar-refractivity contribution >= 4 is 50.8 Å². The van der Waals surface area contributed by atoms with E-state index in [9.17, 15) is 17.2 Å². The molecule has 11 nitrogen and oxygen atoms in total. The molecule has 8 rings (SSSR count). The topological polar surface area (TPSA) is 131 Å². The molecule has 3 saturated heterocycles. The predicted octanol–water partition coefficient (Wildman–Crippen LogP) is 5.41. The molecule has 5 aliphatic rings. The molecule has 3 fully saturated rings. The normalized spacial score (nSPS) is 22.6. The molecule has 2 N–H and O–H groups in total. The van der Waals surface area contributed by atoms with E-state index < -0.39 is 33.2 Å². The van der Waals surface area contributed by atoms with Gasteiger partial charge in [-0.25, -0.2) is 18.7 Å². The van der Waals surface area contributed by atoms with Gasteiger partial charge in [0.25, 0.3) is 0 Å². The van der Waals surface area contributed by atoms with Crippen LogP contribution in [0.5, 0.6) is 0 Å². The minimum Gasteiger partial charge on any atom is -0.381 e. The average molecular weight is 752 g/mol. The van der Waals surface area contributed by atoms with Gasteiger partial charge in [-0.15, -0.1) is 0 Å². The molecule has 0 bridgehead atoms. The van der Waals surface area contributed by atoms with E-state index >= 15 is 0 Å². The van der Waals surface area contributed by atoms with Crippen LogP contribution in [0.1, 0.15) is 68.8 Å². The van der Waals surface area contributed by atoms with E-state index in [-0.39, 0.29) is 24.7 Å². The Kier molecular flexibility index (Phi) is 12.3. The van der Waals surface area contributed by atoms with E-state index in [1.54, 1.807) is 6.07 Å². The van der Waals surface area contributed by atoms with Crippen molar-refractivity contribution in [2.45, 2.75) is 86.6 Å². The summed E-state index contributed by atoms with van der Waals surface area (Å²) in [7, 11) is -2.07. The number of nitrogens with zero attached hydrogens (tertiary/aromatic N) is 5. The quantitative estimate of drug-likeness (QED) is 0.314. The van der Waals surface area contributed by atoms with Crippen LogP contribution in [-0.4, -0.2) is 91.5 Å². The number of anilines is 3. The highest BCUT2D eigenvalue weighted by molar-refractivity contribution is 7.85. The summed E-state index contributed by atoms with van der Waals surface area (Å²) in [5.41, 5.74) is 2.26. The van der Waals surface area contributed by atoms with Gasteiger partial charge in [0.15, 0.2) is 0 Å². The van der Waals surface area contributed by atoms with Gasteiger partial charge in [0.05, 0.1) is 33.0 Å². The van der Waals surface area contributed by atoms with Crippen LogP contribution >= 0.6 is 11.6 Å². The Hall–Kier alpha value is -2.85. The van der Waals surface area contributed by atoms with Gasteiger partial charge in [-0.05, 0) is 67.7 Å². The average Bonchev–Trinajstić information content (AvgIpc) is 3.67. The van der Waals surface area contributed by atoms with Crippen LogP contribution in [0.25, 0.3) is 0 Å². The number of rotatable bonds is 6. The minimum absolute atomic E-state index is 0. The number of nitrogens with one attached hydrogen (secondary N) is 2. The molecule has 0 spiro atoms. The third-order valence-electron chi connectivity index (χ3n) is 9.64. The molecule has 5 aliphatic heterocycles. The van der Waals surface area contributed by atoms with Crippen molar-refractivity contribution in [3.05, 3.63) is 52.1 Å². The Morgan fingerprint density at radius 1 is 0.760 bits per heavy atom. The molecular weight excluding hydrogens is 708 g/mol. The van der Waals surface area contributed by atoms with Crippen LogP contribution in [0.15, 0.2) is 28.0 Å². The molecule has 272 valence electrons. The van der Waals surface area contributed by atoms with Crippen molar-refractivity contribution in [2.75, 3.05) is 66.6 Å². The van der Waals surface area contributed by atoms with E-state index in [1.807, 2.05) is 0 Å². The second-order valence-corrected chi connectivity index (χ2v) is 16.2. The Morgan fingerprint density at radius 2 is 1.30 bits per heavy atom. The molecule has 7 heterocycles. The Balaban J connectivity index is 0.000000194. The molecular formula is C34H44ClF2N7O4S2. The second-order valence-electron chi connectivity index (χ2n) is 12.9. The highest BCUT2D eigenvalue weighted by Crippen LogP contribution is 2.35. The van der Waals surface area contributed by atoms with Gasteiger partial charge in [0.2, 0.25) is 11.2 Å². The van der Waals surface area contributed by atoms with E-state index in [4.69, 9.17) is 31.0 Å². The molecule has 0 amide bonds. The lowest BCUT2D eigenvalue weighted by Crippen LogP contribution is -2.35. The molecule has 2 aromatic heterocycles. The van der Waals surface area contributed by atoms with Gasteiger partial charge in [-0.3, -0.25) is 8.42 Å². The van der Waals surface area contributed by atoms with Gasteiger partial charge in [-0.2, -0.15) is 9.97 Å². The first-order valence-corrected chi connectivity index (χ1v) is 20.0. The highest BCUT2D eigenvalue weighted by Gasteiger charge is 2.31. The number of piperidine rings is 1. The summed E-state index contributed by atoms with van der Waals surface area (Å²) < 4.78 is 62.7. The minimum atomic E-state index is -1.07. The third-order valence-corrected chi connectivity index (χ3v) is 12.7. The summed E-state index contributed by atoms with van der Waals surface area (Å²) in [6.45, 7) is 4.33. The summed E-state index contributed by atoms with van der Waals surface area (Å²) >= 11 is 5.91. The Labute approximate surface area is 301 Å². The van der Waals surface area contributed by atoms with E-state index in [0.29, 0.717) is 79.8 Å². The molecule has 1 aromatic carbocycles. The van der Waals surface area contributed by atoms with Gasteiger partial charge in [0, 0.05) is 82.0 Å². The largest absolute Gasteiger partial charge is 0.381 e. The fourth-order valence-electron chi connectivity index (χ4n) is 6.98. The molecule has 16 heteroatoms. The molecule has 0 radical (unpaired) electrons. The predicted molar refractivity (Wildman–Crippen MR) is 191 cm³/mol. The second kappa shape index (κ2) is 16.7. The maximum absolute atomic E-state index is 14.2. The summed E-state index contributed by atoms with van der Waals surface area (Å²) in [5.74, 6) is 2.21. The zero-order chi connectivity index (χ0) is 33.9. The fourth-order valence-corrected chi connectivity index (χ4v) is 9.80. The lowest BCUT2D eigenvalue weighted by molar-refractivity contribution is 0.0902. The van der Waals surface area contributed by atoms with E-state index in [0.717, 1.165) is 79.0 Å². The van der Waals surface area contributed by atoms with Gasteiger partial charge >= 0.3 is 0 Å². The Bertz CT molecular complexity index is 1720. The Morgan fingerprint density at radius 3 is 1.86 bits per heavy atom. The van der Waals surface area contributed by atoms with Crippen LogP contribution in [0.4, 0.5) is 26.4 Å². The molecule has 2 unspecified atom stereocenters. The summed E-state index contributed by atoms with van der Waals surface area (Å²) in [6, 6.07) is 4.40. The number of hydrogen-bond acceptors (Lipinski definition) is 11. The van der Waals surface area contributed by atoms with Crippen LogP contribution in [0, 0.1) is 11.6 Å². The third kappa shape index (κ3) is 8.43. The molecule has 0 aliphatic carbocycles. The fraction of sp³-hybridized carbons (Fsp3) is 0.588. The van der Waals surface area contributed by atoms with Crippen molar-refractivity contribution in [3.8, 4) is 0 Å². The van der Waals surface area contributed by atoms with Crippen LogP contribution in [0.3, 0.4) is 0 Å². The van der Waals surface area contributed by atoms with E-state index in [2.05, 4.69) is 25.5 Å². The van der Waals surface area contributed by atoms with Crippen molar-refractivity contribution in [1.29, 1.82) is 0 Å². The number of fused-ring (bicyclic) bond motifs is 2. The lowest BCUT2D eigenvalue weighted by Gasteiger charge is -2.33. The molecule has 2 atom stereocenters. The summed E-state index contributed by atoms with van der Waals surface area (Å²) in [6.07, 6.45) is 6.57. The monoisotopic (exact) mass is 751 g/mol. The molecule has 3 aromatic rings. The maximum Gasteiger partial charge on any atom is 0.227 e. The first-order valence-electron chi connectivity index (χ1n) is 16.9. The standard InChI is InChI=1S/C22H26F2N4O2S.C11H14ClN3O2S.CH4/c23-15-1-2-17(18(24)13-15)14-3-8-28(9-4-14)22-26-19-7-12-31(29)20(19)21(27-22)25-16-5-10-30-11-6-16;12-11-14-8-3-6-18(16)9(8)10(15-11)13-7-1-4-17-5-2-7;/h1-2,13-14,16H,3-12H2,(H,25,26,27);7H,1-6H2,(H,13,14,15);1H4. The molecule has 50 heavy (non-hydrogen) atoms. The SMILES string of the molecule is C.O=S1CCc2nc(Cl)nc(NC3CCOCC3)c21.O=S1CCc2nc(N3CCC(c4ccc(F)cc4F)CC3)nc(NC3CCOCC3)c21. The number of ether oxygens (including phenoxy) is 2. The zero-order valence-corrected chi connectivity index (χ0v) is 29.5. The van der Waals surface area contributed by atoms with Crippen molar-refractivity contribution < 1.29 is 26.7 Å². The van der Waals surface area contributed by atoms with Crippen molar-refractivity contribution in [2.24, 2.45) is 0 Å². The molecule has 0 saturated carbocycles. The maximum atomic E-state index is 14.2. The van der Waals surface area contributed by atoms with Crippen molar-refractivity contribution in [3.63, 3.8) is 0 Å². The van der Waals surface area contributed by atoms with Gasteiger partial charge < -0.3 is 25.0 Å². The van der Waals surface area contributed by atoms with E-state index in [1.165, 1.54) is 6.07 Å². The number of benzene rings is 1. The summed E-state index contributed by atoms with van der Waals surface area (Å²) in [5, 5.41) is 7.07. The zero-order valence-electron chi connectivity index (χ0n) is 27.1. The highest BCUT2D eigenvalue weighted by atomic mass is 35.5. The van der Waals surface area contributed by atoms with Crippen LogP contribution < -0.4 is 15.5 Å².